The highest BCUT2D eigenvalue weighted by Crippen LogP contribution is 2.23. The van der Waals surface area contributed by atoms with Gasteiger partial charge in [0.15, 0.2) is 0 Å². The second-order valence-corrected chi connectivity index (χ2v) is 3.87. The van der Waals surface area contributed by atoms with Crippen LogP contribution in [0.1, 0.15) is 19.8 Å². The quantitative estimate of drug-likeness (QED) is 0.269. The maximum Gasteiger partial charge on any atom is 0.208 e. The first-order chi connectivity index (χ1) is 6.65. The minimum Gasteiger partial charge on any atom is -0.377 e. The molecule has 0 radical (unpaired) electrons. The highest BCUT2D eigenvalue weighted by atomic mass is 16.5. The fraction of sp³-hybridized carbons (Fsp3) is 0.889. The number of piperidine rings is 1. The van der Waals surface area contributed by atoms with E-state index in [0.29, 0.717) is 0 Å². The fourth-order valence-electron chi connectivity index (χ4n) is 1.85. The zero-order valence-corrected chi connectivity index (χ0v) is 9.21. The number of guanidine groups is 1. The Hall–Kier alpha value is -0.810. The Morgan fingerprint density at radius 2 is 2.36 bits per heavy atom. The average Bonchev–Trinajstić information content (AvgIpc) is 2.20. The first-order valence-electron chi connectivity index (χ1n) is 4.89. The van der Waals surface area contributed by atoms with Gasteiger partial charge in [-0.2, -0.15) is 0 Å². The lowest BCUT2D eigenvalue weighted by Crippen LogP contribution is -2.54. The summed E-state index contributed by atoms with van der Waals surface area (Å²) in [7, 11) is 3.48. The van der Waals surface area contributed by atoms with Crippen LogP contribution < -0.4 is 11.3 Å². The van der Waals surface area contributed by atoms with Crippen molar-refractivity contribution in [3.05, 3.63) is 0 Å². The lowest BCUT2D eigenvalue weighted by Gasteiger charge is -2.40. The molecule has 0 saturated carbocycles. The van der Waals surface area contributed by atoms with Crippen molar-refractivity contribution in [1.82, 2.24) is 10.3 Å². The van der Waals surface area contributed by atoms with Crippen LogP contribution in [0.15, 0.2) is 4.99 Å². The number of hydrogen-bond donors (Lipinski definition) is 2. The van der Waals surface area contributed by atoms with Gasteiger partial charge < -0.3 is 9.64 Å². The van der Waals surface area contributed by atoms with Crippen molar-refractivity contribution in [2.24, 2.45) is 10.8 Å². The number of aliphatic imine (C=N–C) groups is 1. The number of hydrogen-bond acceptors (Lipinski definition) is 3. The molecular weight excluding hydrogens is 180 g/mol. The van der Waals surface area contributed by atoms with E-state index in [9.17, 15) is 0 Å². The normalized spacial score (nSPS) is 29.1. The molecule has 5 nitrogen and oxygen atoms in total. The van der Waals surface area contributed by atoms with E-state index in [0.717, 1.165) is 31.9 Å². The van der Waals surface area contributed by atoms with Gasteiger partial charge in [-0.25, -0.2) is 5.84 Å². The second-order valence-electron chi connectivity index (χ2n) is 3.87. The molecule has 1 atom stereocenters. The Morgan fingerprint density at radius 3 is 2.86 bits per heavy atom. The molecule has 1 unspecified atom stereocenters. The molecule has 1 fully saturated rings. The first-order valence-corrected chi connectivity index (χ1v) is 4.89. The van der Waals surface area contributed by atoms with Crippen molar-refractivity contribution in [2.75, 3.05) is 27.2 Å². The molecule has 0 aromatic heterocycles. The van der Waals surface area contributed by atoms with Crippen LogP contribution in [-0.2, 0) is 4.74 Å². The number of ether oxygens (including phenoxy) is 1. The molecule has 14 heavy (non-hydrogen) atoms. The first kappa shape index (κ1) is 11.3. The van der Waals surface area contributed by atoms with E-state index in [1.807, 2.05) is 0 Å². The Morgan fingerprint density at radius 1 is 1.64 bits per heavy atom. The second kappa shape index (κ2) is 4.61. The van der Waals surface area contributed by atoms with Gasteiger partial charge in [-0.05, 0) is 19.8 Å². The van der Waals surface area contributed by atoms with Crippen molar-refractivity contribution >= 4 is 5.96 Å². The molecule has 0 aromatic carbocycles. The summed E-state index contributed by atoms with van der Waals surface area (Å²) in [6, 6.07) is 0. The summed E-state index contributed by atoms with van der Waals surface area (Å²) in [6.07, 6.45) is 2.19. The maximum absolute atomic E-state index is 5.48. The molecule has 3 N–H and O–H groups in total. The zero-order valence-electron chi connectivity index (χ0n) is 9.21. The third-order valence-corrected chi connectivity index (χ3v) is 2.79. The topological polar surface area (TPSA) is 62.9 Å². The van der Waals surface area contributed by atoms with Gasteiger partial charge in [0.05, 0.1) is 5.60 Å². The Kier molecular flexibility index (Phi) is 3.71. The molecule has 1 heterocycles. The molecule has 1 rings (SSSR count). The van der Waals surface area contributed by atoms with Crippen molar-refractivity contribution in [1.29, 1.82) is 0 Å². The van der Waals surface area contributed by atoms with E-state index in [1.165, 1.54) is 0 Å². The van der Waals surface area contributed by atoms with Crippen LogP contribution in [-0.4, -0.2) is 43.7 Å². The number of rotatable bonds is 1. The lowest BCUT2D eigenvalue weighted by molar-refractivity contribution is -0.0355. The van der Waals surface area contributed by atoms with Gasteiger partial charge in [-0.3, -0.25) is 10.4 Å². The fourth-order valence-corrected chi connectivity index (χ4v) is 1.85. The third kappa shape index (κ3) is 2.36. The molecule has 0 amide bonds. The van der Waals surface area contributed by atoms with Crippen molar-refractivity contribution in [2.45, 2.75) is 25.4 Å². The van der Waals surface area contributed by atoms with Crippen LogP contribution in [0.3, 0.4) is 0 Å². The predicted molar refractivity (Wildman–Crippen MR) is 56.9 cm³/mol. The summed E-state index contributed by atoms with van der Waals surface area (Å²) < 4.78 is 5.48. The molecule has 1 saturated heterocycles. The molecule has 82 valence electrons. The highest BCUT2D eigenvalue weighted by molar-refractivity contribution is 5.79. The summed E-state index contributed by atoms with van der Waals surface area (Å²) in [4.78, 5) is 6.20. The number of methoxy groups -OCH3 is 1. The van der Waals surface area contributed by atoms with Gasteiger partial charge in [0.2, 0.25) is 5.96 Å². The monoisotopic (exact) mass is 200 g/mol. The van der Waals surface area contributed by atoms with Gasteiger partial charge >= 0.3 is 0 Å². The van der Waals surface area contributed by atoms with Crippen molar-refractivity contribution in [3.8, 4) is 0 Å². The number of nitrogens with zero attached hydrogens (tertiary/aromatic N) is 2. The van der Waals surface area contributed by atoms with Crippen LogP contribution in [0.4, 0.5) is 0 Å². The Balaban J connectivity index is 2.64. The van der Waals surface area contributed by atoms with E-state index in [1.54, 1.807) is 14.2 Å². The van der Waals surface area contributed by atoms with Gasteiger partial charge in [0, 0.05) is 27.2 Å². The van der Waals surface area contributed by atoms with Crippen LogP contribution in [0.5, 0.6) is 0 Å². The van der Waals surface area contributed by atoms with E-state index < -0.39 is 0 Å². The van der Waals surface area contributed by atoms with E-state index in [2.05, 4.69) is 22.2 Å². The Labute approximate surface area is 85.3 Å². The highest BCUT2D eigenvalue weighted by Gasteiger charge is 2.31. The van der Waals surface area contributed by atoms with Crippen LogP contribution in [0, 0.1) is 0 Å². The van der Waals surface area contributed by atoms with Crippen LogP contribution in [0.25, 0.3) is 0 Å². The molecule has 0 aliphatic carbocycles. The molecule has 0 spiro atoms. The van der Waals surface area contributed by atoms with E-state index >= 15 is 0 Å². The summed E-state index contributed by atoms with van der Waals surface area (Å²) in [5, 5.41) is 0. The molecule has 0 aromatic rings. The van der Waals surface area contributed by atoms with Gasteiger partial charge in [0.1, 0.15) is 0 Å². The summed E-state index contributed by atoms with van der Waals surface area (Å²) >= 11 is 0. The van der Waals surface area contributed by atoms with Crippen molar-refractivity contribution < 1.29 is 4.74 Å². The van der Waals surface area contributed by atoms with E-state index in [4.69, 9.17) is 10.6 Å². The molecule has 5 heteroatoms. The third-order valence-electron chi connectivity index (χ3n) is 2.79. The largest absolute Gasteiger partial charge is 0.377 e. The van der Waals surface area contributed by atoms with E-state index in [-0.39, 0.29) is 5.60 Å². The lowest BCUT2D eigenvalue weighted by atomic mass is 9.95. The summed E-state index contributed by atoms with van der Waals surface area (Å²) in [6.45, 7) is 3.93. The minimum absolute atomic E-state index is 0.0783. The van der Waals surface area contributed by atoms with Crippen molar-refractivity contribution in [3.63, 3.8) is 0 Å². The van der Waals surface area contributed by atoms with Gasteiger partial charge in [-0.1, -0.05) is 0 Å². The molecule has 1 aliphatic heterocycles. The average molecular weight is 200 g/mol. The molecular formula is C9H20N4O. The Bertz CT molecular complexity index is 219. The number of nitrogens with one attached hydrogen (secondary N) is 1. The number of likely N-dealkylation sites (tertiary alicyclic amines) is 1. The predicted octanol–water partition coefficient (Wildman–Crippen LogP) is -0.0636. The summed E-state index contributed by atoms with van der Waals surface area (Å²) in [5.74, 6) is 6.11. The smallest absolute Gasteiger partial charge is 0.208 e. The molecule has 1 aliphatic rings. The number of hydrazine groups is 1. The van der Waals surface area contributed by atoms with Crippen LogP contribution >= 0.6 is 0 Å². The number of nitrogens with two attached hydrogens (primary N) is 1. The van der Waals surface area contributed by atoms with Gasteiger partial charge in [-0.15, -0.1) is 0 Å². The summed E-state index contributed by atoms with van der Waals surface area (Å²) in [5.41, 5.74) is 2.53. The van der Waals surface area contributed by atoms with Crippen LogP contribution in [0.2, 0.25) is 0 Å². The maximum atomic E-state index is 5.48. The standard InChI is InChI=1S/C9H20N4O/c1-9(14-3)5-4-6-13(7-9)8(11-2)12-10/h4-7,10H2,1-3H3,(H,11,12). The zero-order chi connectivity index (χ0) is 10.6. The van der Waals surface area contributed by atoms with Gasteiger partial charge in [0.25, 0.3) is 0 Å². The molecule has 0 bridgehead atoms. The minimum atomic E-state index is -0.0783. The SMILES string of the molecule is CN=C(NN)N1CCCC(C)(OC)C1.